The molecule has 1 aliphatic rings. The summed E-state index contributed by atoms with van der Waals surface area (Å²) in [7, 11) is 1.90. The van der Waals surface area contributed by atoms with Crippen molar-refractivity contribution in [3.63, 3.8) is 0 Å². The Kier molecular flexibility index (Phi) is 9.80. The van der Waals surface area contributed by atoms with Crippen LogP contribution in [-0.4, -0.2) is 44.1 Å². The summed E-state index contributed by atoms with van der Waals surface area (Å²) in [6, 6.07) is 9.81. The lowest BCUT2D eigenvalue weighted by Gasteiger charge is -2.29. The molecular weight excluding hydrogens is 324 g/mol. The molecule has 0 radical (unpaired) electrons. The number of carbonyl (C=O) groups excluding carboxylic acids is 1. The number of nitrogens with zero attached hydrogens (tertiary/aromatic N) is 1. The van der Waals surface area contributed by atoms with E-state index >= 15 is 0 Å². The number of para-hydroxylation sites is 1. The van der Waals surface area contributed by atoms with Gasteiger partial charge in [-0.15, -0.1) is 12.4 Å². The highest BCUT2D eigenvalue weighted by Gasteiger charge is 2.23. The Hall–Kier alpha value is -1.26. The van der Waals surface area contributed by atoms with Gasteiger partial charge in [-0.25, -0.2) is 0 Å². The van der Waals surface area contributed by atoms with Crippen molar-refractivity contribution in [1.82, 2.24) is 10.2 Å². The first-order chi connectivity index (χ1) is 11.2. The average Bonchev–Trinajstić information content (AvgIpc) is 2.60. The van der Waals surface area contributed by atoms with E-state index in [-0.39, 0.29) is 18.3 Å². The van der Waals surface area contributed by atoms with E-state index in [1.165, 1.54) is 12.8 Å². The molecule has 1 saturated heterocycles. The number of amides is 1. The van der Waals surface area contributed by atoms with E-state index in [0.717, 1.165) is 31.8 Å². The van der Waals surface area contributed by atoms with E-state index in [2.05, 4.69) is 12.2 Å². The van der Waals surface area contributed by atoms with Crippen molar-refractivity contribution < 1.29 is 9.53 Å². The first kappa shape index (κ1) is 20.8. The fourth-order valence-corrected chi connectivity index (χ4v) is 3.10. The quantitative estimate of drug-likeness (QED) is 0.728. The van der Waals surface area contributed by atoms with Crippen LogP contribution in [0.1, 0.15) is 32.6 Å². The van der Waals surface area contributed by atoms with Crippen LogP contribution in [0, 0.1) is 11.8 Å². The lowest BCUT2D eigenvalue weighted by molar-refractivity contribution is -0.131. The highest BCUT2D eigenvalue weighted by molar-refractivity contribution is 5.85. The third-order valence-corrected chi connectivity index (χ3v) is 4.71. The first-order valence-corrected chi connectivity index (χ1v) is 8.79. The molecule has 0 bridgehead atoms. The van der Waals surface area contributed by atoms with Crippen LogP contribution in [0.4, 0.5) is 0 Å². The number of benzene rings is 1. The Morgan fingerprint density at radius 1 is 1.38 bits per heavy atom. The van der Waals surface area contributed by atoms with Gasteiger partial charge in [0.25, 0.3) is 0 Å². The van der Waals surface area contributed by atoms with E-state index in [1.807, 2.05) is 42.3 Å². The molecule has 1 fully saturated rings. The number of rotatable bonds is 8. The molecule has 1 N–H and O–H groups in total. The summed E-state index contributed by atoms with van der Waals surface area (Å²) in [6.45, 7) is 5.79. The van der Waals surface area contributed by atoms with E-state index < -0.39 is 0 Å². The Morgan fingerprint density at radius 2 is 2.12 bits per heavy atom. The fourth-order valence-electron chi connectivity index (χ4n) is 3.10. The Labute approximate surface area is 152 Å². The van der Waals surface area contributed by atoms with Crippen molar-refractivity contribution in [3.05, 3.63) is 30.3 Å². The van der Waals surface area contributed by atoms with E-state index in [4.69, 9.17) is 4.74 Å². The zero-order valence-corrected chi connectivity index (χ0v) is 15.7. The largest absolute Gasteiger partial charge is 0.494 e. The van der Waals surface area contributed by atoms with Crippen LogP contribution in [-0.2, 0) is 4.79 Å². The second-order valence-corrected chi connectivity index (χ2v) is 6.62. The fraction of sp³-hybridized carbons (Fsp3) is 0.632. The number of ether oxygens (including phenoxy) is 1. The van der Waals surface area contributed by atoms with Crippen LogP contribution in [0.15, 0.2) is 30.3 Å². The van der Waals surface area contributed by atoms with Crippen molar-refractivity contribution in [2.24, 2.45) is 11.8 Å². The van der Waals surface area contributed by atoms with Crippen molar-refractivity contribution in [2.45, 2.75) is 32.6 Å². The third-order valence-electron chi connectivity index (χ3n) is 4.71. The van der Waals surface area contributed by atoms with Crippen LogP contribution >= 0.6 is 12.4 Å². The third kappa shape index (κ3) is 7.10. The normalized spacial score (nSPS) is 18.3. The molecule has 2 unspecified atom stereocenters. The summed E-state index contributed by atoms with van der Waals surface area (Å²) in [5, 5.41) is 3.43. The Morgan fingerprint density at radius 3 is 2.79 bits per heavy atom. The maximum absolute atomic E-state index is 12.3. The van der Waals surface area contributed by atoms with Crippen molar-refractivity contribution in [2.75, 3.05) is 33.3 Å². The standard InChI is InChI=1S/C19H30N2O2.ClH/c1-16(17-8-6-11-20-15-17)14-19(22)21(2)12-7-13-23-18-9-4-3-5-10-18;/h3-5,9-10,16-17,20H,6-8,11-15H2,1-2H3;1H. The van der Waals surface area contributed by atoms with Gasteiger partial charge < -0.3 is 15.0 Å². The van der Waals surface area contributed by atoms with Crippen LogP contribution in [0.5, 0.6) is 5.75 Å². The highest BCUT2D eigenvalue weighted by Crippen LogP contribution is 2.23. The van der Waals surface area contributed by atoms with Gasteiger partial charge in [0.1, 0.15) is 5.75 Å². The van der Waals surface area contributed by atoms with Crippen LogP contribution < -0.4 is 10.1 Å². The number of hydrogen-bond acceptors (Lipinski definition) is 3. The molecule has 1 amide bonds. The SMILES string of the molecule is CC(CC(=O)N(C)CCCOc1ccccc1)C1CCCNC1.Cl. The summed E-state index contributed by atoms with van der Waals surface area (Å²) in [5.74, 6) is 2.24. The summed E-state index contributed by atoms with van der Waals surface area (Å²) >= 11 is 0. The molecule has 1 aromatic rings. The molecule has 2 rings (SSSR count). The summed E-state index contributed by atoms with van der Waals surface area (Å²) < 4.78 is 5.67. The second kappa shape index (κ2) is 11.3. The van der Waals surface area contributed by atoms with Gasteiger partial charge in [0.05, 0.1) is 6.61 Å². The monoisotopic (exact) mass is 354 g/mol. The lowest BCUT2D eigenvalue weighted by atomic mass is 9.85. The lowest BCUT2D eigenvalue weighted by Crippen LogP contribution is -2.36. The van der Waals surface area contributed by atoms with Gasteiger partial charge in [0.15, 0.2) is 0 Å². The van der Waals surface area contributed by atoms with Crippen LogP contribution in [0.3, 0.4) is 0 Å². The number of nitrogens with one attached hydrogen (secondary N) is 1. The molecule has 5 heteroatoms. The molecular formula is C19H31ClN2O2. The number of halogens is 1. The Balaban J connectivity index is 0.00000288. The summed E-state index contributed by atoms with van der Waals surface area (Å²) in [6.07, 6.45) is 3.99. The van der Waals surface area contributed by atoms with Crippen molar-refractivity contribution >= 4 is 18.3 Å². The molecule has 0 saturated carbocycles. The summed E-state index contributed by atoms with van der Waals surface area (Å²) in [4.78, 5) is 14.2. The van der Waals surface area contributed by atoms with Crippen LogP contribution in [0.2, 0.25) is 0 Å². The molecule has 0 spiro atoms. The molecule has 1 heterocycles. The molecule has 1 aromatic carbocycles. The maximum Gasteiger partial charge on any atom is 0.222 e. The zero-order valence-electron chi connectivity index (χ0n) is 14.9. The highest BCUT2D eigenvalue weighted by atomic mass is 35.5. The van der Waals surface area contributed by atoms with E-state index in [0.29, 0.717) is 24.9 Å². The second-order valence-electron chi connectivity index (χ2n) is 6.62. The number of hydrogen-bond donors (Lipinski definition) is 1. The predicted molar refractivity (Wildman–Crippen MR) is 101 cm³/mol. The minimum Gasteiger partial charge on any atom is -0.494 e. The van der Waals surface area contributed by atoms with E-state index in [9.17, 15) is 4.79 Å². The van der Waals surface area contributed by atoms with Gasteiger partial charge in [-0.1, -0.05) is 25.1 Å². The molecule has 4 nitrogen and oxygen atoms in total. The van der Waals surface area contributed by atoms with E-state index in [1.54, 1.807) is 0 Å². The molecule has 2 atom stereocenters. The average molecular weight is 355 g/mol. The smallest absolute Gasteiger partial charge is 0.222 e. The van der Waals surface area contributed by atoms with Gasteiger partial charge in [0.2, 0.25) is 5.91 Å². The van der Waals surface area contributed by atoms with Gasteiger partial charge in [-0.2, -0.15) is 0 Å². The van der Waals surface area contributed by atoms with Crippen molar-refractivity contribution in [3.8, 4) is 5.75 Å². The first-order valence-electron chi connectivity index (χ1n) is 8.79. The van der Waals surface area contributed by atoms with Gasteiger partial charge in [0, 0.05) is 20.0 Å². The topological polar surface area (TPSA) is 41.6 Å². The minimum atomic E-state index is 0. The minimum absolute atomic E-state index is 0. The Bertz CT molecular complexity index is 464. The van der Waals surface area contributed by atoms with Gasteiger partial charge in [-0.3, -0.25) is 4.79 Å². The maximum atomic E-state index is 12.3. The van der Waals surface area contributed by atoms with Crippen molar-refractivity contribution in [1.29, 1.82) is 0 Å². The van der Waals surface area contributed by atoms with Crippen LogP contribution in [0.25, 0.3) is 0 Å². The predicted octanol–water partition coefficient (Wildman–Crippen LogP) is 3.36. The molecule has 0 aliphatic carbocycles. The molecule has 24 heavy (non-hydrogen) atoms. The number of carbonyl (C=O) groups is 1. The molecule has 0 aromatic heterocycles. The molecule has 136 valence electrons. The van der Waals surface area contributed by atoms with Gasteiger partial charge >= 0.3 is 0 Å². The zero-order chi connectivity index (χ0) is 16.5. The number of piperidine rings is 1. The van der Waals surface area contributed by atoms with Gasteiger partial charge in [-0.05, 0) is 56.3 Å². The molecule has 1 aliphatic heterocycles. The summed E-state index contributed by atoms with van der Waals surface area (Å²) in [5.41, 5.74) is 0.